The van der Waals surface area contributed by atoms with Crippen molar-refractivity contribution in [1.29, 1.82) is 0 Å². The van der Waals surface area contributed by atoms with Gasteiger partial charge in [0.05, 0.1) is 0 Å². The number of nitrogens with zero attached hydrogens (tertiary/aromatic N) is 1. The molecule has 1 atom stereocenters. The molecule has 2 aromatic carbocycles. The molecule has 0 spiro atoms. The van der Waals surface area contributed by atoms with E-state index in [1.165, 1.54) is 0 Å². The minimum atomic E-state index is -1.28. The summed E-state index contributed by atoms with van der Waals surface area (Å²) in [4.78, 5) is 52.1. The van der Waals surface area contributed by atoms with Gasteiger partial charge in [-0.3, -0.25) is 14.4 Å². The summed E-state index contributed by atoms with van der Waals surface area (Å²) in [6.45, 7) is 6.35. The van der Waals surface area contributed by atoms with Crippen molar-refractivity contribution >= 4 is 23.8 Å². The van der Waals surface area contributed by atoms with Gasteiger partial charge in [0.15, 0.2) is 0 Å². The Balaban J connectivity index is 1.46. The number of alkyl carbamates (subject to hydrolysis) is 1. The average Bonchev–Trinajstić information content (AvgIpc) is 3.15. The van der Waals surface area contributed by atoms with E-state index in [9.17, 15) is 19.2 Å². The molecule has 2 aliphatic rings. The van der Waals surface area contributed by atoms with Crippen LogP contribution in [-0.2, 0) is 32.0 Å². The molecule has 1 unspecified atom stereocenters. The normalized spacial score (nSPS) is 17.2. The number of ether oxygens (including phenoxy) is 2. The summed E-state index contributed by atoms with van der Waals surface area (Å²) < 4.78 is 10.8. The molecule has 0 aromatic heterocycles. The van der Waals surface area contributed by atoms with Gasteiger partial charge in [-0.25, -0.2) is 4.79 Å². The molecule has 0 saturated carbocycles. The number of fused-ring (bicyclic) bond motifs is 1. The molecule has 4 amide bonds. The van der Waals surface area contributed by atoms with E-state index in [1.807, 2.05) is 42.5 Å². The van der Waals surface area contributed by atoms with E-state index in [0.717, 1.165) is 27.8 Å². The number of nitrogens with one attached hydrogen (secondary N) is 2. The molecule has 2 aliphatic heterocycles. The van der Waals surface area contributed by atoms with Crippen molar-refractivity contribution in [3.63, 3.8) is 0 Å². The highest BCUT2D eigenvalue weighted by molar-refractivity contribution is 5.98. The maximum atomic E-state index is 13.4. The highest BCUT2D eigenvalue weighted by Gasteiger charge is 2.43. The molecule has 1 fully saturated rings. The minimum absolute atomic E-state index is 0.0234. The second kappa shape index (κ2) is 11.1. The van der Waals surface area contributed by atoms with Gasteiger partial charge in [-0.15, -0.1) is 0 Å². The molecule has 4 N–H and O–H groups in total. The van der Waals surface area contributed by atoms with Crippen molar-refractivity contribution in [3.8, 4) is 11.1 Å². The van der Waals surface area contributed by atoms with E-state index < -0.39 is 35.1 Å². The Kier molecular flexibility index (Phi) is 7.96. The molecule has 4 rings (SSSR count). The van der Waals surface area contributed by atoms with Gasteiger partial charge in [0.25, 0.3) is 5.91 Å². The summed E-state index contributed by atoms with van der Waals surface area (Å²) >= 11 is 0. The summed E-state index contributed by atoms with van der Waals surface area (Å²) in [5, 5.41) is 5.47. The SMILES string of the molecule is CN1Cc2cc(-c3ccc(CC(NC(=O)C4(NC(=O)OC(C)(C)C)CCOCC4)C(N)=O)cc3)ccc2C1=O. The molecule has 10 nitrogen and oxygen atoms in total. The fraction of sp³-hybridized carbons (Fsp3) is 0.448. The van der Waals surface area contributed by atoms with Crippen LogP contribution in [0.3, 0.4) is 0 Å². The van der Waals surface area contributed by atoms with E-state index in [4.69, 9.17) is 15.2 Å². The average molecular weight is 537 g/mol. The number of benzene rings is 2. The third kappa shape index (κ3) is 6.57. The molecule has 0 aliphatic carbocycles. The third-order valence-corrected chi connectivity index (χ3v) is 6.99. The van der Waals surface area contributed by atoms with Crippen LogP contribution in [0.2, 0.25) is 0 Å². The number of amides is 4. The Labute approximate surface area is 228 Å². The number of carbonyl (C=O) groups excluding carboxylic acids is 4. The Morgan fingerprint density at radius 1 is 1.08 bits per heavy atom. The van der Waals surface area contributed by atoms with Crippen LogP contribution in [0.5, 0.6) is 0 Å². The minimum Gasteiger partial charge on any atom is -0.444 e. The maximum Gasteiger partial charge on any atom is 0.408 e. The molecule has 0 radical (unpaired) electrons. The van der Waals surface area contributed by atoms with E-state index >= 15 is 0 Å². The maximum absolute atomic E-state index is 13.4. The van der Waals surface area contributed by atoms with Crippen molar-refractivity contribution < 1.29 is 28.7 Å². The largest absolute Gasteiger partial charge is 0.444 e. The molecule has 2 aromatic rings. The molecule has 208 valence electrons. The van der Waals surface area contributed by atoms with Crippen molar-refractivity contribution in [2.45, 2.75) is 63.8 Å². The molecule has 1 saturated heterocycles. The van der Waals surface area contributed by atoms with Gasteiger partial charge in [0.2, 0.25) is 11.8 Å². The molecule has 39 heavy (non-hydrogen) atoms. The summed E-state index contributed by atoms with van der Waals surface area (Å²) in [7, 11) is 1.78. The van der Waals surface area contributed by atoms with E-state index in [2.05, 4.69) is 10.6 Å². The number of primary amides is 1. The lowest BCUT2D eigenvalue weighted by Crippen LogP contribution is -2.64. The van der Waals surface area contributed by atoms with Crippen LogP contribution >= 0.6 is 0 Å². The summed E-state index contributed by atoms with van der Waals surface area (Å²) in [5.41, 5.74) is 8.12. The highest BCUT2D eigenvalue weighted by atomic mass is 16.6. The van der Waals surface area contributed by atoms with Crippen LogP contribution < -0.4 is 16.4 Å². The molecule has 10 heteroatoms. The zero-order valence-electron chi connectivity index (χ0n) is 22.8. The fourth-order valence-electron chi connectivity index (χ4n) is 4.86. The first kappa shape index (κ1) is 28.1. The lowest BCUT2D eigenvalue weighted by atomic mass is 9.88. The van der Waals surface area contributed by atoms with Crippen molar-refractivity contribution in [1.82, 2.24) is 15.5 Å². The number of hydrogen-bond acceptors (Lipinski definition) is 6. The first-order valence-electron chi connectivity index (χ1n) is 13.0. The van der Waals surface area contributed by atoms with Gasteiger partial charge in [-0.2, -0.15) is 0 Å². The first-order chi connectivity index (χ1) is 18.4. The second-order valence-electron chi connectivity index (χ2n) is 11.2. The lowest BCUT2D eigenvalue weighted by molar-refractivity contribution is -0.135. The van der Waals surface area contributed by atoms with Gasteiger partial charge in [0, 0.05) is 51.6 Å². The predicted molar refractivity (Wildman–Crippen MR) is 145 cm³/mol. The van der Waals surface area contributed by atoms with Crippen LogP contribution in [0.15, 0.2) is 42.5 Å². The van der Waals surface area contributed by atoms with Gasteiger partial charge >= 0.3 is 6.09 Å². The van der Waals surface area contributed by atoms with Crippen molar-refractivity contribution in [2.24, 2.45) is 5.73 Å². The van der Waals surface area contributed by atoms with Gasteiger partial charge in [0.1, 0.15) is 17.2 Å². The standard InChI is InChI=1S/C29H36N4O6/c1-28(2,3)39-27(37)32-29(11-13-38-14-12-29)26(36)31-23(24(30)34)15-18-5-7-19(8-6-18)20-9-10-22-21(16-20)17-33(4)25(22)35/h5-10,16,23H,11-15,17H2,1-4H3,(H2,30,34)(H,31,36)(H,32,37). The molecular weight excluding hydrogens is 500 g/mol. The van der Waals surface area contributed by atoms with E-state index in [-0.39, 0.29) is 38.4 Å². The van der Waals surface area contributed by atoms with E-state index in [1.54, 1.807) is 32.7 Å². The number of nitrogens with two attached hydrogens (primary N) is 1. The van der Waals surface area contributed by atoms with Crippen LogP contribution in [0.1, 0.15) is 55.1 Å². The summed E-state index contributed by atoms with van der Waals surface area (Å²) in [6, 6.07) is 12.4. The first-order valence-corrected chi connectivity index (χ1v) is 13.0. The third-order valence-electron chi connectivity index (χ3n) is 6.99. The van der Waals surface area contributed by atoms with Gasteiger partial charge in [-0.1, -0.05) is 30.3 Å². The number of carbonyl (C=O) groups is 4. The lowest BCUT2D eigenvalue weighted by Gasteiger charge is -2.37. The molecule has 0 bridgehead atoms. The Bertz CT molecular complexity index is 1260. The second-order valence-corrected chi connectivity index (χ2v) is 11.2. The fourth-order valence-corrected chi connectivity index (χ4v) is 4.86. The van der Waals surface area contributed by atoms with Crippen LogP contribution in [0, 0.1) is 0 Å². The monoisotopic (exact) mass is 536 g/mol. The van der Waals surface area contributed by atoms with Crippen molar-refractivity contribution in [2.75, 3.05) is 20.3 Å². The van der Waals surface area contributed by atoms with Crippen molar-refractivity contribution in [3.05, 3.63) is 59.2 Å². The Morgan fingerprint density at radius 3 is 2.33 bits per heavy atom. The Hall–Kier alpha value is -3.92. The Morgan fingerprint density at radius 2 is 1.72 bits per heavy atom. The van der Waals surface area contributed by atoms with E-state index in [0.29, 0.717) is 6.54 Å². The predicted octanol–water partition coefficient (Wildman–Crippen LogP) is 2.53. The zero-order chi connectivity index (χ0) is 28.4. The van der Waals surface area contributed by atoms with Gasteiger partial charge < -0.3 is 30.7 Å². The van der Waals surface area contributed by atoms with Crippen LogP contribution in [-0.4, -0.2) is 66.2 Å². The van der Waals surface area contributed by atoms with Crippen LogP contribution in [0.4, 0.5) is 4.79 Å². The topological polar surface area (TPSA) is 140 Å². The number of hydrogen-bond donors (Lipinski definition) is 3. The highest BCUT2D eigenvalue weighted by Crippen LogP contribution is 2.28. The molecule has 2 heterocycles. The molecular formula is C29H36N4O6. The summed E-state index contributed by atoms with van der Waals surface area (Å²) in [6.07, 6.45) is -0.0571. The number of rotatable bonds is 7. The smallest absolute Gasteiger partial charge is 0.408 e. The van der Waals surface area contributed by atoms with Gasteiger partial charge in [-0.05, 0) is 55.2 Å². The van der Waals surface area contributed by atoms with Crippen LogP contribution in [0.25, 0.3) is 11.1 Å². The quantitative estimate of drug-likeness (QED) is 0.497. The summed E-state index contributed by atoms with van der Waals surface area (Å²) in [5.74, 6) is -1.16. The zero-order valence-corrected chi connectivity index (χ0v) is 22.8.